The van der Waals surface area contributed by atoms with E-state index >= 15 is 0 Å². The van der Waals surface area contributed by atoms with Crippen LogP contribution in [-0.4, -0.2) is 43.0 Å². The van der Waals surface area contributed by atoms with Crippen LogP contribution in [0.2, 0.25) is 0 Å². The molecule has 0 bridgehead atoms. The van der Waals surface area contributed by atoms with Gasteiger partial charge in [-0.15, -0.1) is 5.10 Å². The molecule has 9 heteroatoms. The van der Waals surface area contributed by atoms with Gasteiger partial charge < -0.3 is 9.72 Å². The molecule has 1 N–H and O–H groups in total. The smallest absolute Gasteiger partial charge is 0.258 e. The normalized spacial score (nSPS) is 11.0. The SMILES string of the molecule is COc1ccccc1-n1nnnc1SCCc1nc2ccccc2c(=O)[nH]1. The number of aromatic amines is 1. The Labute approximate surface area is 158 Å². The van der Waals surface area contributed by atoms with E-state index in [2.05, 4.69) is 25.5 Å². The summed E-state index contributed by atoms with van der Waals surface area (Å²) in [6, 6.07) is 14.8. The van der Waals surface area contributed by atoms with E-state index in [1.807, 2.05) is 42.5 Å². The maximum Gasteiger partial charge on any atom is 0.258 e. The highest BCUT2D eigenvalue weighted by atomic mass is 32.2. The van der Waals surface area contributed by atoms with Gasteiger partial charge in [0.1, 0.15) is 17.3 Å². The van der Waals surface area contributed by atoms with E-state index < -0.39 is 0 Å². The zero-order chi connectivity index (χ0) is 18.6. The maximum atomic E-state index is 12.1. The highest BCUT2D eigenvalue weighted by Crippen LogP contribution is 2.25. The molecule has 0 atom stereocenters. The van der Waals surface area contributed by atoms with Gasteiger partial charge in [-0.05, 0) is 34.7 Å². The highest BCUT2D eigenvalue weighted by Gasteiger charge is 2.13. The molecule has 4 aromatic rings. The number of ether oxygens (including phenoxy) is 1. The topological polar surface area (TPSA) is 98.6 Å². The van der Waals surface area contributed by atoms with Crippen LogP contribution in [0.4, 0.5) is 0 Å². The van der Waals surface area contributed by atoms with Crippen molar-refractivity contribution in [1.29, 1.82) is 0 Å². The number of hydrogen-bond donors (Lipinski definition) is 1. The van der Waals surface area contributed by atoms with Crippen molar-refractivity contribution in [3.05, 3.63) is 64.7 Å². The minimum Gasteiger partial charge on any atom is -0.494 e. The Morgan fingerprint density at radius 2 is 1.96 bits per heavy atom. The van der Waals surface area contributed by atoms with Crippen molar-refractivity contribution >= 4 is 22.7 Å². The second-order valence-electron chi connectivity index (χ2n) is 5.67. The van der Waals surface area contributed by atoms with Gasteiger partial charge in [0.2, 0.25) is 5.16 Å². The van der Waals surface area contributed by atoms with Crippen molar-refractivity contribution in [2.45, 2.75) is 11.6 Å². The van der Waals surface area contributed by atoms with E-state index in [4.69, 9.17) is 4.74 Å². The molecule has 0 spiro atoms. The molecular formula is C18H16N6O2S. The third kappa shape index (κ3) is 3.54. The van der Waals surface area contributed by atoms with Crippen LogP contribution < -0.4 is 10.3 Å². The molecule has 0 fully saturated rings. The maximum absolute atomic E-state index is 12.1. The molecule has 27 heavy (non-hydrogen) atoms. The first-order valence-corrected chi connectivity index (χ1v) is 9.27. The predicted molar refractivity (Wildman–Crippen MR) is 102 cm³/mol. The fraction of sp³-hybridized carbons (Fsp3) is 0.167. The molecule has 8 nitrogen and oxygen atoms in total. The molecule has 0 saturated heterocycles. The van der Waals surface area contributed by atoms with Gasteiger partial charge in [0.25, 0.3) is 5.56 Å². The lowest BCUT2D eigenvalue weighted by atomic mass is 10.2. The number of methoxy groups -OCH3 is 1. The zero-order valence-electron chi connectivity index (χ0n) is 14.5. The van der Waals surface area contributed by atoms with Crippen LogP contribution in [-0.2, 0) is 6.42 Å². The van der Waals surface area contributed by atoms with Gasteiger partial charge in [0.05, 0.1) is 18.0 Å². The van der Waals surface area contributed by atoms with Crippen molar-refractivity contribution in [1.82, 2.24) is 30.2 Å². The quantitative estimate of drug-likeness (QED) is 0.512. The molecule has 2 aromatic heterocycles. The fourth-order valence-electron chi connectivity index (χ4n) is 2.72. The molecule has 0 aliphatic carbocycles. The Hall–Kier alpha value is -3.20. The van der Waals surface area contributed by atoms with Gasteiger partial charge in [0.15, 0.2) is 0 Å². The number of aryl methyl sites for hydroxylation is 1. The first-order valence-electron chi connectivity index (χ1n) is 8.29. The summed E-state index contributed by atoms with van der Waals surface area (Å²) < 4.78 is 7.02. The summed E-state index contributed by atoms with van der Waals surface area (Å²) in [4.78, 5) is 19.5. The average molecular weight is 380 g/mol. The molecule has 2 heterocycles. The van der Waals surface area contributed by atoms with E-state index in [1.54, 1.807) is 17.9 Å². The number of para-hydroxylation sites is 3. The summed E-state index contributed by atoms with van der Waals surface area (Å²) in [7, 11) is 1.61. The molecule has 0 aliphatic heterocycles. The average Bonchev–Trinajstić information content (AvgIpc) is 3.16. The van der Waals surface area contributed by atoms with Crippen molar-refractivity contribution in [3.63, 3.8) is 0 Å². The highest BCUT2D eigenvalue weighted by molar-refractivity contribution is 7.99. The number of fused-ring (bicyclic) bond motifs is 1. The minimum atomic E-state index is -0.126. The third-order valence-electron chi connectivity index (χ3n) is 3.99. The summed E-state index contributed by atoms with van der Waals surface area (Å²) in [6.45, 7) is 0. The number of nitrogens with one attached hydrogen (secondary N) is 1. The molecule has 0 saturated carbocycles. The second kappa shape index (κ2) is 7.58. The molecule has 2 aromatic carbocycles. The Bertz CT molecular complexity index is 1140. The number of benzene rings is 2. The molecule has 0 amide bonds. The second-order valence-corrected chi connectivity index (χ2v) is 6.74. The van der Waals surface area contributed by atoms with Crippen molar-refractivity contribution in [3.8, 4) is 11.4 Å². The number of hydrogen-bond acceptors (Lipinski definition) is 7. The number of rotatable bonds is 6. The Morgan fingerprint density at radius 1 is 1.15 bits per heavy atom. The standard InChI is InChI=1S/C18H16N6O2S/c1-26-15-9-5-4-8-14(15)24-18(21-22-23-24)27-11-10-16-19-13-7-3-2-6-12(13)17(25)20-16/h2-9H,10-11H2,1H3,(H,19,20,25). The molecule has 0 unspecified atom stereocenters. The van der Waals surface area contributed by atoms with E-state index in [-0.39, 0.29) is 5.56 Å². The number of H-pyrrole nitrogens is 1. The zero-order valence-corrected chi connectivity index (χ0v) is 15.3. The molecular weight excluding hydrogens is 364 g/mol. The molecule has 136 valence electrons. The molecule has 0 aliphatic rings. The van der Waals surface area contributed by atoms with Gasteiger partial charge in [-0.2, -0.15) is 4.68 Å². The summed E-state index contributed by atoms with van der Waals surface area (Å²) in [5.41, 5.74) is 1.34. The van der Waals surface area contributed by atoms with E-state index in [0.29, 0.717) is 39.8 Å². The minimum absolute atomic E-state index is 0.126. The summed E-state index contributed by atoms with van der Waals surface area (Å²) in [6.07, 6.45) is 0.587. The first kappa shape index (κ1) is 17.2. The van der Waals surface area contributed by atoms with Gasteiger partial charge >= 0.3 is 0 Å². The van der Waals surface area contributed by atoms with Crippen LogP contribution in [0.15, 0.2) is 58.5 Å². The van der Waals surface area contributed by atoms with E-state index in [1.165, 1.54) is 11.8 Å². The van der Waals surface area contributed by atoms with Crippen LogP contribution in [0.5, 0.6) is 5.75 Å². The summed E-state index contributed by atoms with van der Waals surface area (Å²) in [5.74, 6) is 1.99. The van der Waals surface area contributed by atoms with Crippen LogP contribution in [0, 0.1) is 0 Å². The number of aromatic nitrogens is 6. The largest absolute Gasteiger partial charge is 0.494 e. The van der Waals surface area contributed by atoms with Gasteiger partial charge in [-0.25, -0.2) is 4.98 Å². The lowest BCUT2D eigenvalue weighted by Crippen LogP contribution is -2.12. The van der Waals surface area contributed by atoms with E-state index in [0.717, 1.165) is 5.69 Å². The predicted octanol–water partition coefficient (Wildman–Crippen LogP) is 2.24. The third-order valence-corrected chi connectivity index (χ3v) is 4.91. The van der Waals surface area contributed by atoms with Crippen LogP contribution >= 0.6 is 11.8 Å². The summed E-state index contributed by atoms with van der Waals surface area (Å²) in [5, 5.41) is 13.1. The van der Waals surface area contributed by atoms with Crippen LogP contribution in [0.1, 0.15) is 5.82 Å². The fourth-order valence-corrected chi connectivity index (χ4v) is 3.55. The van der Waals surface area contributed by atoms with Gasteiger partial charge in [-0.3, -0.25) is 4.79 Å². The van der Waals surface area contributed by atoms with Gasteiger partial charge in [-0.1, -0.05) is 36.0 Å². The van der Waals surface area contributed by atoms with Crippen LogP contribution in [0.25, 0.3) is 16.6 Å². The lowest BCUT2D eigenvalue weighted by Gasteiger charge is -2.08. The van der Waals surface area contributed by atoms with Crippen LogP contribution in [0.3, 0.4) is 0 Å². The Kier molecular flexibility index (Phi) is 4.84. The molecule has 0 radical (unpaired) electrons. The number of thioether (sulfide) groups is 1. The van der Waals surface area contributed by atoms with Crippen molar-refractivity contribution in [2.75, 3.05) is 12.9 Å². The van der Waals surface area contributed by atoms with Gasteiger partial charge in [0, 0.05) is 12.2 Å². The Balaban J connectivity index is 1.51. The first-order chi connectivity index (χ1) is 13.3. The summed E-state index contributed by atoms with van der Waals surface area (Å²) >= 11 is 1.48. The number of nitrogens with zero attached hydrogens (tertiary/aromatic N) is 5. The monoisotopic (exact) mass is 380 g/mol. The lowest BCUT2D eigenvalue weighted by molar-refractivity contribution is 0.410. The number of tetrazole rings is 1. The van der Waals surface area contributed by atoms with E-state index in [9.17, 15) is 4.79 Å². The van der Waals surface area contributed by atoms with Crippen molar-refractivity contribution in [2.24, 2.45) is 0 Å². The Morgan fingerprint density at radius 3 is 2.85 bits per heavy atom. The van der Waals surface area contributed by atoms with Crippen molar-refractivity contribution < 1.29 is 4.74 Å². The molecule has 4 rings (SSSR count).